The van der Waals surface area contributed by atoms with Crippen LogP contribution in [0.2, 0.25) is 0 Å². The van der Waals surface area contributed by atoms with Crippen molar-refractivity contribution in [1.29, 1.82) is 0 Å². The first-order valence-corrected chi connectivity index (χ1v) is 6.21. The molecule has 18 heavy (non-hydrogen) atoms. The average Bonchev–Trinajstić information content (AvgIpc) is 2.41. The topological polar surface area (TPSA) is 55.2 Å². The maximum atomic E-state index is 10.3. The number of nitrogens with zero attached hydrogens (tertiary/aromatic N) is 2. The van der Waals surface area contributed by atoms with E-state index < -0.39 is 6.10 Å². The van der Waals surface area contributed by atoms with Gasteiger partial charge in [-0.15, -0.1) is 0 Å². The molecular formula is C13H13BrN2O2. The Morgan fingerprint density at radius 3 is 2.56 bits per heavy atom. The largest absolute Gasteiger partial charge is 0.467 e. The van der Waals surface area contributed by atoms with Crippen molar-refractivity contribution in [3.8, 4) is 6.01 Å². The molecule has 0 bridgehead atoms. The predicted octanol–water partition coefficient (Wildman–Crippen LogP) is 2.64. The van der Waals surface area contributed by atoms with E-state index in [-0.39, 0.29) is 6.01 Å². The van der Waals surface area contributed by atoms with Crippen LogP contribution in [0.5, 0.6) is 6.01 Å². The number of aromatic nitrogens is 2. The van der Waals surface area contributed by atoms with Gasteiger partial charge in [0, 0.05) is 22.4 Å². The van der Waals surface area contributed by atoms with Crippen LogP contribution in [-0.4, -0.2) is 22.2 Å². The van der Waals surface area contributed by atoms with Gasteiger partial charge in [0.15, 0.2) is 0 Å². The van der Waals surface area contributed by atoms with Crippen molar-refractivity contribution in [2.75, 3.05) is 7.11 Å². The molecular weight excluding hydrogens is 296 g/mol. The van der Waals surface area contributed by atoms with Gasteiger partial charge >= 0.3 is 6.01 Å². The quantitative estimate of drug-likeness (QED) is 0.947. The molecule has 1 N–H and O–H groups in total. The Balaban J connectivity index is 2.35. The van der Waals surface area contributed by atoms with Gasteiger partial charge in [-0.2, -0.15) is 0 Å². The Morgan fingerprint density at radius 2 is 1.94 bits per heavy atom. The number of benzene rings is 1. The Bertz CT molecular complexity index is 543. The highest BCUT2D eigenvalue weighted by Gasteiger charge is 2.15. The van der Waals surface area contributed by atoms with E-state index in [1.165, 1.54) is 7.11 Å². The molecule has 0 fully saturated rings. The summed E-state index contributed by atoms with van der Waals surface area (Å²) in [5, 5.41) is 10.3. The number of hydrogen-bond donors (Lipinski definition) is 1. The zero-order valence-corrected chi connectivity index (χ0v) is 11.7. The highest BCUT2D eigenvalue weighted by molar-refractivity contribution is 9.10. The fourth-order valence-corrected chi connectivity index (χ4v) is 2.05. The van der Waals surface area contributed by atoms with Gasteiger partial charge < -0.3 is 9.84 Å². The van der Waals surface area contributed by atoms with Crippen molar-refractivity contribution in [3.05, 3.63) is 51.8 Å². The summed E-state index contributed by atoms with van der Waals surface area (Å²) in [6.45, 7) is 1.95. The van der Waals surface area contributed by atoms with E-state index in [0.717, 1.165) is 15.6 Å². The van der Waals surface area contributed by atoms with Gasteiger partial charge in [-0.1, -0.05) is 28.1 Å². The molecule has 0 saturated carbocycles. The summed E-state index contributed by atoms with van der Waals surface area (Å²) in [6.07, 6.45) is 2.39. The number of ether oxygens (including phenoxy) is 1. The van der Waals surface area contributed by atoms with Crippen LogP contribution in [0.4, 0.5) is 0 Å². The summed E-state index contributed by atoms with van der Waals surface area (Å²) < 4.78 is 5.85. The molecule has 1 atom stereocenters. The van der Waals surface area contributed by atoms with Gasteiger partial charge in [0.1, 0.15) is 6.10 Å². The van der Waals surface area contributed by atoms with Crippen molar-refractivity contribution < 1.29 is 9.84 Å². The molecule has 0 amide bonds. The summed E-state index contributed by atoms with van der Waals surface area (Å²) in [4.78, 5) is 7.98. The minimum atomic E-state index is -0.742. The van der Waals surface area contributed by atoms with E-state index in [1.54, 1.807) is 12.4 Å². The number of aliphatic hydroxyl groups excluding tert-OH is 1. The van der Waals surface area contributed by atoms with Gasteiger partial charge in [0.05, 0.1) is 7.11 Å². The van der Waals surface area contributed by atoms with Crippen LogP contribution < -0.4 is 4.74 Å². The molecule has 0 aliphatic carbocycles. The van der Waals surface area contributed by atoms with Gasteiger partial charge in [-0.3, -0.25) is 0 Å². The van der Waals surface area contributed by atoms with Crippen molar-refractivity contribution in [2.24, 2.45) is 0 Å². The van der Waals surface area contributed by atoms with Crippen LogP contribution in [0.25, 0.3) is 0 Å². The maximum absolute atomic E-state index is 10.3. The first-order valence-electron chi connectivity index (χ1n) is 5.42. The van der Waals surface area contributed by atoms with Gasteiger partial charge in [-0.05, 0) is 24.1 Å². The van der Waals surface area contributed by atoms with E-state index in [9.17, 15) is 5.11 Å². The number of hydrogen-bond acceptors (Lipinski definition) is 4. The standard InChI is InChI=1S/C13H13BrN2O2/c1-8-10(4-3-5-11(8)14)12(17)9-6-15-13(18-2)16-7-9/h3-7,12,17H,1-2H3. The second-order valence-electron chi connectivity index (χ2n) is 3.86. The van der Waals surface area contributed by atoms with E-state index in [4.69, 9.17) is 4.74 Å². The Hall–Kier alpha value is -1.46. The molecule has 0 saturated heterocycles. The first-order chi connectivity index (χ1) is 8.63. The van der Waals surface area contributed by atoms with E-state index in [0.29, 0.717) is 5.56 Å². The Morgan fingerprint density at radius 1 is 1.28 bits per heavy atom. The summed E-state index contributed by atoms with van der Waals surface area (Å²) >= 11 is 3.45. The van der Waals surface area contributed by atoms with Crippen molar-refractivity contribution in [3.63, 3.8) is 0 Å². The van der Waals surface area contributed by atoms with Gasteiger partial charge in [0.25, 0.3) is 0 Å². The molecule has 1 aromatic carbocycles. The first kappa shape index (κ1) is 13.0. The lowest BCUT2D eigenvalue weighted by molar-refractivity contribution is 0.218. The number of methoxy groups -OCH3 is 1. The van der Waals surface area contributed by atoms with Crippen LogP contribution in [0.15, 0.2) is 35.1 Å². The lowest BCUT2D eigenvalue weighted by atomic mass is 10.00. The smallest absolute Gasteiger partial charge is 0.316 e. The van der Waals surface area contributed by atoms with Crippen LogP contribution in [-0.2, 0) is 0 Å². The second-order valence-corrected chi connectivity index (χ2v) is 4.71. The average molecular weight is 309 g/mol. The van der Waals surface area contributed by atoms with E-state index in [1.807, 2.05) is 25.1 Å². The predicted molar refractivity (Wildman–Crippen MR) is 71.5 cm³/mol. The number of aliphatic hydroxyl groups is 1. The maximum Gasteiger partial charge on any atom is 0.316 e. The minimum Gasteiger partial charge on any atom is -0.467 e. The second kappa shape index (κ2) is 5.46. The summed E-state index contributed by atoms with van der Waals surface area (Å²) in [5.74, 6) is 0. The van der Waals surface area contributed by atoms with Gasteiger partial charge in [0.2, 0.25) is 0 Å². The lowest BCUT2D eigenvalue weighted by Crippen LogP contribution is -2.04. The zero-order chi connectivity index (χ0) is 13.1. The normalized spacial score (nSPS) is 12.2. The number of rotatable bonds is 3. The lowest BCUT2D eigenvalue weighted by Gasteiger charge is -2.14. The van der Waals surface area contributed by atoms with Crippen LogP contribution in [0, 0.1) is 6.92 Å². The molecule has 1 heterocycles. The highest BCUT2D eigenvalue weighted by Crippen LogP contribution is 2.28. The van der Waals surface area contributed by atoms with Crippen molar-refractivity contribution in [2.45, 2.75) is 13.0 Å². The van der Waals surface area contributed by atoms with E-state index in [2.05, 4.69) is 25.9 Å². The zero-order valence-electron chi connectivity index (χ0n) is 10.1. The molecule has 0 radical (unpaired) electrons. The Labute approximate surface area is 114 Å². The van der Waals surface area contributed by atoms with Crippen LogP contribution in [0.1, 0.15) is 22.8 Å². The van der Waals surface area contributed by atoms with Crippen molar-refractivity contribution >= 4 is 15.9 Å². The summed E-state index contributed by atoms with van der Waals surface area (Å²) in [6, 6.07) is 6.00. The molecule has 0 aliphatic heterocycles. The fourth-order valence-electron chi connectivity index (χ4n) is 1.67. The minimum absolute atomic E-state index is 0.289. The third-order valence-corrected chi connectivity index (χ3v) is 3.61. The monoisotopic (exact) mass is 308 g/mol. The fraction of sp³-hybridized carbons (Fsp3) is 0.231. The van der Waals surface area contributed by atoms with Crippen LogP contribution >= 0.6 is 15.9 Å². The van der Waals surface area contributed by atoms with E-state index >= 15 is 0 Å². The summed E-state index contributed by atoms with van der Waals surface area (Å²) in [5.41, 5.74) is 2.47. The molecule has 0 spiro atoms. The molecule has 94 valence electrons. The molecule has 0 aliphatic rings. The van der Waals surface area contributed by atoms with Crippen LogP contribution in [0.3, 0.4) is 0 Å². The van der Waals surface area contributed by atoms with Gasteiger partial charge in [-0.25, -0.2) is 9.97 Å². The third kappa shape index (κ3) is 2.52. The summed E-state index contributed by atoms with van der Waals surface area (Å²) in [7, 11) is 1.50. The Kier molecular flexibility index (Phi) is 3.93. The molecule has 1 aromatic heterocycles. The third-order valence-electron chi connectivity index (χ3n) is 2.75. The molecule has 1 unspecified atom stereocenters. The molecule has 2 rings (SSSR count). The SMILES string of the molecule is COc1ncc(C(O)c2cccc(Br)c2C)cn1. The molecule has 5 heteroatoms. The highest BCUT2D eigenvalue weighted by atomic mass is 79.9. The molecule has 2 aromatic rings. The molecule has 4 nitrogen and oxygen atoms in total. The van der Waals surface area contributed by atoms with Crippen molar-refractivity contribution in [1.82, 2.24) is 9.97 Å². The number of halogens is 1.